The smallest absolute Gasteiger partial charge is 0.0931 e. The molecule has 0 bridgehead atoms. The van der Waals surface area contributed by atoms with Crippen LogP contribution in [0.4, 0.5) is 0 Å². The maximum atomic E-state index is 9.42. The van der Waals surface area contributed by atoms with Gasteiger partial charge in [-0.15, -0.1) is 0 Å². The van der Waals surface area contributed by atoms with E-state index in [1.54, 1.807) is 18.7 Å². The number of pyridine rings is 1. The van der Waals surface area contributed by atoms with E-state index in [-0.39, 0.29) is 0 Å². The van der Waals surface area contributed by atoms with Gasteiger partial charge in [0.05, 0.1) is 11.8 Å². The summed E-state index contributed by atoms with van der Waals surface area (Å²) >= 11 is 1.70. The van der Waals surface area contributed by atoms with Crippen LogP contribution in [0.25, 0.3) is 0 Å². The van der Waals surface area contributed by atoms with Crippen molar-refractivity contribution in [3.05, 3.63) is 53.3 Å². The van der Waals surface area contributed by atoms with Gasteiger partial charge in [0.1, 0.15) is 0 Å². The Bertz CT molecular complexity index is 535. The summed E-state index contributed by atoms with van der Waals surface area (Å²) in [4.78, 5) is 6.60. The third-order valence-electron chi connectivity index (χ3n) is 2.76. The summed E-state index contributed by atoms with van der Waals surface area (Å²) in [6.07, 6.45) is 1.30. The number of hydrogen-bond donors (Lipinski definition) is 1. The van der Waals surface area contributed by atoms with Crippen LogP contribution in [0.3, 0.4) is 0 Å². The van der Waals surface area contributed by atoms with E-state index in [9.17, 15) is 5.11 Å². The van der Waals surface area contributed by atoms with Crippen molar-refractivity contribution >= 4 is 11.8 Å². The zero-order chi connectivity index (χ0) is 13.1. The monoisotopic (exact) mass is 259 g/mol. The molecule has 0 fully saturated rings. The van der Waals surface area contributed by atoms with E-state index in [0.717, 1.165) is 4.90 Å². The van der Waals surface area contributed by atoms with E-state index in [1.165, 1.54) is 16.0 Å². The van der Waals surface area contributed by atoms with Crippen molar-refractivity contribution in [2.24, 2.45) is 0 Å². The molecule has 0 saturated carbocycles. The largest absolute Gasteiger partial charge is 0.387 e. The van der Waals surface area contributed by atoms with Crippen molar-refractivity contribution in [2.75, 3.05) is 0 Å². The predicted octanol–water partition coefficient (Wildman–Crippen LogP) is 3.90. The number of aliphatic hydroxyl groups is 1. The van der Waals surface area contributed by atoms with Crippen LogP contribution in [-0.4, -0.2) is 10.1 Å². The highest BCUT2D eigenvalue weighted by atomic mass is 32.2. The first kappa shape index (κ1) is 13.1. The summed E-state index contributed by atoms with van der Waals surface area (Å²) in [7, 11) is 0. The van der Waals surface area contributed by atoms with Crippen LogP contribution in [0.1, 0.15) is 29.8 Å². The summed E-state index contributed by atoms with van der Waals surface area (Å²) < 4.78 is 0. The van der Waals surface area contributed by atoms with Gasteiger partial charge >= 0.3 is 0 Å². The molecule has 0 saturated heterocycles. The Hall–Kier alpha value is -1.32. The molecule has 2 nitrogen and oxygen atoms in total. The Kier molecular flexibility index (Phi) is 4.04. The maximum absolute atomic E-state index is 9.42. The number of rotatable bonds is 3. The highest BCUT2D eigenvalue weighted by molar-refractivity contribution is 7.99. The second-order valence-electron chi connectivity index (χ2n) is 4.47. The lowest BCUT2D eigenvalue weighted by Gasteiger charge is -2.08. The van der Waals surface area contributed by atoms with Crippen LogP contribution in [0.5, 0.6) is 0 Å². The lowest BCUT2D eigenvalue weighted by Crippen LogP contribution is -1.94. The molecule has 0 aliphatic heterocycles. The van der Waals surface area contributed by atoms with Gasteiger partial charge in [0.25, 0.3) is 0 Å². The minimum Gasteiger partial charge on any atom is -0.387 e. The van der Waals surface area contributed by atoms with Crippen LogP contribution in [0, 0.1) is 13.8 Å². The molecule has 2 rings (SSSR count). The Morgan fingerprint density at radius 3 is 2.56 bits per heavy atom. The average molecular weight is 259 g/mol. The van der Waals surface area contributed by atoms with Crippen molar-refractivity contribution in [3.8, 4) is 0 Å². The van der Waals surface area contributed by atoms with Crippen LogP contribution in [0.2, 0.25) is 0 Å². The maximum Gasteiger partial charge on any atom is 0.0931 e. The Balaban J connectivity index is 2.21. The second-order valence-corrected chi connectivity index (χ2v) is 5.58. The molecule has 1 heterocycles. The first-order valence-electron chi connectivity index (χ1n) is 5.95. The van der Waals surface area contributed by atoms with E-state index < -0.39 is 6.10 Å². The lowest BCUT2D eigenvalue weighted by atomic mass is 10.2. The van der Waals surface area contributed by atoms with Gasteiger partial charge in [0.15, 0.2) is 0 Å². The molecule has 0 aliphatic rings. The Morgan fingerprint density at radius 2 is 1.94 bits per heavy atom. The normalized spacial score (nSPS) is 12.4. The number of benzene rings is 1. The predicted molar refractivity (Wildman–Crippen MR) is 74.9 cm³/mol. The third-order valence-corrected chi connectivity index (χ3v) is 3.90. The van der Waals surface area contributed by atoms with Crippen molar-refractivity contribution < 1.29 is 5.11 Å². The molecule has 0 aliphatic carbocycles. The number of aliphatic hydroxyl groups excluding tert-OH is 1. The molecular formula is C15H17NOS. The van der Waals surface area contributed by atoms with Crippen LogP contribution >= 0.6 is 11.8 Å². The topological polar surface area (TPSA) is 33.1 Å². The number of aromatic nitrogens is 1. The summed E-state index contributed by atoms with van der Waals surface area (Å²) in [5.74, 6) is 0. The van der Waals surface area contributed by atoms with Gasteiger partial charge in [-0.2, -0.15) is 0 Å². The van der Waals surface area contributed by atoms with Gasteiger partial charge in [-0.3, -0.25) is 4.98 Å². The van der Waals surface area contributed by atoms with Crippen molar-refractivity contribution in [2.45, 2.75) is 36.7 Å². The van der Waals surface area contributed by atoms with Gasteiger partial charge < -0.3 is 5.11 Å². The molecule has 2 aromatic rings. The molecule has 1 atom stereocenters. The fourth-order valence-corrected chi connectivity index (χ4v) is 2.61. The van der Waals surface area contributed by atoms with Crippen molar-refractivity contribution in [1.29, 1.82) is 0 Å². The molecule has 1 aromatic heterocycles. The van der Waals surface area contributed by atoms with Crippen LogP contribution in [-0.2, 0) is 0 Å². The molecular weight excluding hydrogens is 242 g/mol. The minimum atomic E-state index is -0.509. The average Bonchev–Trinajstić information content (AvgIpc) is 2.34. The van der Waals surface area contributed by atoms with E-state index in [4.69, 9.17) is 0 Å². The van der Waals surface area contributed by atoms with Crippen molar-refractivity contribution in [3.63, 3.8) is 0 Å². The summed E-state index contributed by atoms with van der Waals surface area (Å²) in [5.41, 5.74) is 3.24. The quantitative estimate of drug-likeness (QED) is 0.907. The van der Waals surface area contributed by atoms with Gasteiger partial charge in [-0.05, 0) is 50.1 Å². The first-order valence-corrected chi connectivity index (χ1v) is 6.77. The molecule has 0 spiro atoms. The summed E-state index contributed by atoms with van der Waals surface area (Å²) in [5, 5.41) is 9.42. The second kappa shape index (κ2) is 5.55. The van der Waals surface area contributed by atoms with Gasteiger partial charge in [-0.1, -0.05) is 23.9 Å². The molecule has 18 heavy (non-hydrogen) atoms. The van der Waals surface area contributed by atoms with E-state index in [2.05, 4.69) is 37.0 Å². The molecule has 1 unspecified atom stereocenters. The van der Waals surface area contributed by atoms with Gasteiger partial charge in [0.2, 0.25) is 0 Å². The highest BCUT2D eigenvalue weighted by Crippen LogP contribution is 2.30. The fourth-order valence-electron chi connectivity index (χ4n) is 1.64. The molecule has 1 aromatic carbocycles. The Morgan fingerprint density at radius 1 is 1.17 bits per heavy atom. The van der Waals surface area contributed by atoms with Gasteiger partial charge in [0, 0.05) is 16.0 Å². The van der Waals surface area contributed by atoms with E-state index >= 15 is 0 Å². The minimum absolute atomic E-state index is 0.509. The van der Waals surface area contributed by atoms with E-state index in [0.29, 0.717) is 5.69 Å². The highest BCUT2D eigenvalue weighted by Gasteiger charge is 2.05. The summed E-state index contributed by atoms with van der Waals surface area (Å²) in [6.45, 7) is 5.93. The molecule has 0 radical (unpaired) electrons. The van der Waals surface area contributed by atoms with Crippen LogP contribution < -0.4 is 0 Å². The number of hydrogen-bond acceptors (Lipinski definition) is 3. The zero-order valence-electron chi connectivity index (χ0n) is 10.8. The number of aryl methyl sites for hydroxylation is 2. The SMILES string of the molecule is Cc1ccc(C)c(Sc2ccc(C(C)O)nc2)c1. The standard InChI is InChI=1S/C15H17NOS/c1-10-4-5-11(2)15(8-10)18-13-6-7-14(12(3)17)16-9-13/h4-9,12,17H,1-3H3. The first-order chi connectivity index (χ1) is 8.56. The van der Waals surface area contributed by atoms with E-state index in [1.807, 2.05) is 18.3 Å². The molecule has 0 amide bonds. The zero-order valence-corrected chi connectivity index (χ0v) is 11.7. The molecule has 94 valence electrons. The number of nitrogens with zero attached hydrogens (tertiary/aromatic N) is 1. The third kappa shape index (κ3) is 3.12. The lowest BCUT2D eigenvalue weighted by molar-refractivity contribution is 0.194. The Labute approximate surface area is 112 Å². The van der Waals surface area contributed by atoms with Crippen molar-refractivity contribution in [1.82, 2.24) is 4.98 Å². The molecule has 3 heteroatoms. The van der Waals surface area contributed by atoms with Gasteiger partial charge in [-0.25, -0.2) is 0 Å². The summed E-state index contributed by atoms with van der Waals surface area (Å²) in [6, 6.07) is 10.3. The fraction of sp³-hybridized carbons (Fsp3) is 0.267. The molecule has 1 N–H and O–H groups in total. The van der Waals surface area contributed by atoms with Crippen LogP contribution in [0.15, 0.2) is 46.3 Å².